The number of hydrogen-bond acceptors (Lipinski definition) is 6. The normalized spacial score (nSPS) is 22.3. The number of urea groups is 1. The van der Waals surface area contributed by atoms with E-state index in [-0.39, 0.29) is 28.3 Å². The molecule has 12 heteroatoms. The van der Waals surface area contributed by atoms with Crippen LogP contribution in [0.15, 0.2) is 65.1 Å². The van der Waals surface area contributed by atoms with Gasteiger partial charge in [0, 0.05) is 23.3 Å². The third kappa shape index (κ3) is 4.35. The average Bonchev–Trinajstić information content (AvgIpc) is 3.28. The molecule has 0 saturated carbocycles. The van der Waals surface area contributed by atoms with Gasteiger partial charge in [-0.2, -0.15) is 13.2 Å². The van der Waals surface area contributed by atoms with Crippen LogP contribution in [-0.4, -0.2) is 33.7 Å². The summed E-state index contributed by atoms with van der Waals surface area (Å²) in [7, 11) is 0. The summed E-state index contributed by atoms with van der Waals surface area (Å²) in [5.41, 5.74) is -3.25. The molecule has 0 spiro atoms. The van der Waals surface area contributed by atoms with Crippen molar-refractivity contribution in [3.8, 4) is 11.3 Å². The molecule has 9 nitrogen and oxygen atoms in total. The molecule has 3 atom stereocenters. The minimum absolute atomic E-state index is 0.0496. The summed E-state index contributed by atoms with van der Waals surface area (Å²) in [6.07, 6.45) is -5.41. The van der Waals surface area contributed by atoms with E-state index < -0.39 is 40.6 Å². The van der Waals surface area contributed by atoms with Gasteiger partial charge >= 0.3 is 12.2 Å². The van der Waals surface area contributed by atoms with Crippen LogP contribution in [-0.2, 0) is 0 Å². The molecule has 0 bridgehead atoms. The van der Waals surface area contributed by atoms with Gasteiger partial charge in [-0.1, -0.05) is 42.0 Å². The predicted molar refractivity (Wildman–Crippen MR) is 115 cm³/mol. The number of nitro benzene ring substituents is 1. The van der Waals surface area contributed by atoms with Gasteiger partial charge in [-0.25, -0.2) is 4.79 Å². The second kappa shape index (κ2) is 8.55. The van der Waals surface area contributed by atoms with E-state index >= 15 is 0 Å². The second-order valence-corrected chi connectivity index (χ2v) is 8.06. The minimum Gasteiger partial charge on any atom is -0.459 e. The summed E-state index contributed by atoms with van der Waals surface area (Å²) >= 11 is 0. The molecule has 1 aliphatic heterocycles. The van der Waals surface area contributed by atoms with Gasteiger partial charge in [0.15, 0.2) is 5.78 Å². The predicted octanol–water partition coefficient (Wildman–Crippen LogP) is 4.27. The number of nitrogens with one attached hydrogen (secondary N) is 2. The Balaban J connectivity index is 1.80. The van der Waals surface area contributed by atoms with E-state index in [2.05, 4.69) is 5.32 Å². The fourth-order valence-corrected chi connectivity index (χ4v) is 3.92. The molecule has 3 unspecified atom stereocenters. The molecule has 3 aromatic rings. The summed E-state index contributed by atoms with van der Waals surface area (Å²) in [6.45, 7) is 1.73. The topological polar surface area (TPSA) is 135 Å². The molecule has 1 aliphatic rings. The van der Waals surface area contributed by atoms with Crippen LogP contribution in [0.3, 0.4) is 0 Å². The molecule has 3 N–H and O–H groups in total. The largest absolute Gasteiger partial charge is 0.459 e. The Kier molecular flexibility index (Phi) is 5.85. The van der Waals surface area contributed by atoms with Crippen LogP contribution < -0.4 is 10.6 Å². The van der Waals surface area contributed by atoms with Crippen LogP contribution >= 0.6 is 0 Å². The maximum absolute atomic E-state index is 14.0. The molecular formula is C23H18F3N3O6. The number of nitro groups is 1. The van der Waals surface area contributed by atoms with Crippen LogP contribution in [0.1, 0.15) is 27.7 Å². The van der Waals surface area contributed by atoms with Crippen molar-refractivity contribution in [2.24, 2.45) is 5.92 Å². The van der Waals surface area contributed by atoms with Crippen LogP contribution in [0.25, 0.3) is 11.3 Å². The van der Waals surface area contributed by atoms with Crippen LogP contribution in [0, 0.1) is 23.0 Å². The minimum atomic E-state index is -5.41. The SMILES string of the molecule is Cc1ccc(C(=O)C2C(c3ccc(-c4cccc([N+](=O)[O-])c4)o3)NC(=O)NC2(O)C(F)(F)F)cc1. The number of amides is 2. The van der Waals surface area contributed by atoms with Crippen LogP contribution in [0.4, 0.5) is 23.7 Å². The number of aryl methyl sites for hydroxylation is 1. The highest BCUT2D eigenvalue weighted by Gasteiger charge is 2.66. The van der Waals surface area contributed by atoms with Gasteiger partial charge in [0.25, 0.3) is 5.69 Å². The lowest BCUT2D eigenvalue weighted by Crippen LogP contribution is -2.72. The molecule has 4 rings (SSSR count). The molecular weight excluding hydrogens is 471 g/mol. The Morgan fingerprint density at radius 2 is 1.83 bits per heavy atom. The molecule has 1 fully saturated rings. The average molecular weight is 489 g/mol. The fraction of sp³-hybridized carbons (Fsp3) is 0.217. The third-order valence-corrected chi connectivity index (χ3v) is 5.70. The smallest absolute Gasteiger partial charge is 0.437 e. The standard InChI is InChI=1S/C23H18F3N3O6/c1-12-5-7-13(8-6-12)20(30)18-19(27-21(31)28-22(18,32)23(24,25)26)17-10-9-16(35-17)14-3-2-4-15(11-14)29(33)34/h2-11,18-19,32H,1H3,(H2,27,28,31). The number of non-ortho nitro benzene ring substituents is 1. The quantitative estimate of drug-likeness (QED) is 0.278. The summed E-state index contributed by atoms with van der Waals surface area (Å²) < 4.78 is 47.7. The molecule has 1 aromatic heterocycles. The zero-order valence-corrected chi connectivity index (χ0v) is 18.0. The van der Waals surface area contributed by atoms with Crippen LogP contribution in [0.2, 0.25) is 0 Å². The van der Waals surface area contributed by atoms with Gasteiger partial charge in [0.1, 0.15) is 23.5 Å². The molecule has 0 radical (unpaired) electrons. The number of nitrogens with zero attached hydrogens (tertiary/aromatic N) is 1. The number of benzene rings is 2. The molecule has 2 aromatic carbocycles. The van der Waals surface area contributed by atoms with Gasteiger partial charge in [0.2, 0.25) is 5.72 Å². The van der Waals surface area contributed by atoms with Gasteiger partial charge in [0.05, 0.1) is 4.92 Å². The number of ketones is 1. The summed E-state index contributed by atoms with van der Waals surface area (Å²) in [4.78, 5) is 35.9. The first-order valence-electron chi connectivity index (χ1n) is 10.2. The Morgan fingerprint density at radius 3 is 2.46 bits per heavy atom. The molecule has 0 aliphatic carbocycles. The first-order chi connectivity index (χ1) is 16.4. The summed E-state index contributed by atoms with van der Waals surface area (Å²) in [5, 5.41) is 25.4. The van der Waals surface area contributed by atoms with E-state index in [0.717, 1.165) is 5.56 Å². The van der Waals surface area contributed by atoms with Crippen molar-refractivity contribution in [3.05, 3.63) is 87.7 Å². The Bertz CT molecular complexity index is 1300. The van der Waals surface area contributed by atoms with E-state index in [1.165, 1.54) is 66.0 Å². The van der Waals surface area contributed by atoms with E-state index in [1.54, 1.807) is 6.92 Å². The summed E-state index contributed by atoms with van der Waals surface area (Å²) in [6, 6.07) is 10.5. The number of carbonyl (C=O) groups excluding carboxylic acids is 2. The van der Waals surface area contributed by atoms with Gasteiger partial charge in [-0.05, 0) is 19.1 Å². The molecule has 2 heterocycles. The number of aliphatic hydroxyl groups is 1. The zero-order valence-electron chi connectivity index (χ0n) is 18.0. The van der Waals surface area contributed by atoms with Crippen molar-refractivity contribution in [1.29, 1.82) is 0 Å². The Labute approximate surface area is 195 Å². The number of hydrogen-bond donors (Lipinski definition) is 3. The van der Waals surface area contributed by atoms with E-state index in [9.17, 15) is 38.0 Å². The number of halogens is 3. The lowest BCUT2D eigenvalue weighted by atomic mass is 9.79. The third-order valence-electron chi connectivity index (χ3n) is 5.70. The van der Waals surface area contributed by atoms with Crippen molar-refractivity contribution in [3.63, 3.8) is 0 Å². The first kappa shape index (κ1) is 24.0. The van der Waals surface area contributed by atoms with E-state index in [4.69, 9.17) is 4.42 Å². The zero-order chi connectivity index (χ0) is 25.5. The number of alkyl halides is 3. The summed E-state index contributed by atoms with van der Waals surface area (Å²) in [5.74, 6) is -3.55. The molecule has 182 valence electrons. The van der Waals surface area contributed by atoms with Gasteiger partial charge < -0.3 is 20.2 Å². The Hall–Kier alpha value is -4.19. The highest BCUT2D eigenvalue weighted by atomic mass is 19.4. The monoisotopic (exact) mass is 489 g/mol. The molecule has 2 amide bonds. The number of carbonyl (C=O) groups is 2. The van der Waals surface area contributed by atoms with Crippen molar-refractivity contribution >= 4 is 17.5 Å². The van der Waals surface area contributed by atoms with Crippen molar-refractivity contribution in [2.75, 3.05) is 0 Å². The highest BCUT2D eigenvalue weighted by Crippen LogP contribution is 2.44. The second-order valence-electron chi connectivity index (χ2n) is 8.06. The lowest BCUT2D eigenvalue weighted by molar-refractivity contribution is -0.384. The lowest BCUT2D eigenvalue weighted by Gasteiger charge is -2.44. The van der Waals surface area contributed by atoms with Crippen LogP contribution in [0.5, 0.6) is 0 Å². The number of rotatable bonds is 5. The van der Waals surface area contributed by atoms with Crippen molar-refractivity contribution in [2.45, 2.75) is 24.9 Å². The number of furan rings is 1. The Morgan fingerprint density at radius 1 is 1.14 bits per heavy atom. The molecule has 35 heavy (non-hydrogen) atoms. The maximum atomic E-state index is 14.0. The highest BCUT2D eigenvalue weighted by molar-refractivity contribution is 6.00. The van der Waals surface area contributed by atoms with Gasteiger partial charge in [-0.3, -0.25) is 14.9 Å². The van der Waals surface area contributed by atoms with Gasteiger partial charge in [-0.15, -0.1) is 0 Å². The van der Waals surface area contributed by atoms with E-state index in [1.807, 2.05) is 0 Å². The maximum Gasteiger partial charge on any atom is 0.437 e. The number of Topliss-reactive ketones (excluding diaryl/α,β-unsaturated/α-hetero) is 1. The van der Waals surface area contributed by atoms with Crippen molar-refractivity contribution < 1.29 is 37.2 Å². The molecule has 1 saturated heterocycles. The van der Waals surface area contributed by atoms with E-state index in [0.29, 0.717) is 0 Å². The fourth-order valence-electron chi connectivity index (χ4n) is 3.92. The first-order valence-corrected chi connectivity index (χ1v) is 10.2. The van der Waals surface area contributed by atoms with Crippen molar-refractivity contribution in [1.82, 2.24) is 10.6 Å².